The molecule has 2 nitrogen and oxygen atoms in total. The normalized spacial score (nSPS) is 12.3. The summed E-state index contributed by atoms with van der Waals surface area (Å²) in [5.74, 6) is 0. The molecule has 0 amide bonds. The molecule has 0 saturated heterocycles. The van der Waals surface area contributed by atoms with E-state index in [1.807, 2.05) is 19.4 Å². The average molecular weight is 268 g/mol. The fourth-order valence-corrected chi connectivity index (χ4v) is 2.68. The number of aryl methyl sites for hydroxylation is 2. The number of nitrogens with one attached hydrogen (secondary N) is 1. The second-order valence-corrected chi connectivity index (χ2v) is 5.15. The third kappa shape index (κ3) is 3.91. The Balaban J connectivity index is 1.95. The molecule has 0 spiro atoms. The van der Waals surface area contributed by atoms with Gasteiger partial charge in [-0.25, -0.2) is 0 Å². The van der Waals surface area contributed by atoms with E-state index in [4.69, 9.17) is 0 Å². The lowest BCUT2D eigenvalue weighted by molar-refractivity contribution is 0.523. The number of hydrogen-bond donors (Lipinski definition) is 1. The van der Waals surface area contributed by atoms with Gasteiger partial charge in [-0.1, -0.05) is 37.3 Å². The van der Waals surface area contributed by atoms with Crippen molar-refractivity contribution < 1.29 is 0 Å². The number of benzene rings is 1. The lowest BCUT2D eigenvalue weighted by Gasteiger charge is -2.19. The topological polar surface area (TPSA) is 24.9 Å². The molecule has 2 rings (SSSR count). The van der Waals surface area contributed by atoms with Crippen LogP contribution in [0.1, 0.15) is 42.5 Å². The lowest BCUT2D eigenvalue weighted by atomic mass is 9.95. The van der Waals surface area contributed by atoms with Gasteiger partial charge in [0.25, 0.3) is 0 Å². The molecule has 2 heteroatoms. The summed E-state index contributed by atoms with van der Waals surface area (Å²) in [7, 11) is 2.05. The fourth-order valence-electron chi connectivity index (χ4n) is 2.68. The summed E-state index contributed by atoms with van der Waals surface area (Å²) in [6.45, 7) is 2.19. The van der Waals surface area contributed by atoms with E-state index in [1.165, 1.54) is 23.1 Å². The molecule has 0 aliphatic carbocycles. The van der Waals surface area contributed by atoms with Crippen molar-refractivity contribution in [2.24, 2.45) is 0 Å². The highest BCUT2D eigenvalue weighted by Gasteiger charge is 2.12. The van der Waals surface area contributed by atoms with Crippen LogP contribution >= 0.6 is 0 Å². The minimum atomic E-state index is 0.427. The first kappa shape index (κ1) is 14.7. The van der Waals surface area contributed by atoms with Crippen molar-refractivity contribution in [1.29, 1.82) is 0 Å². The molecule has 0 fully saturated rings. The smallest absolute Gasteiger partial charge is 0.0321 e. The van der Waals surface area contributed by atoms with Crippen LogP contribution in [0.3, 0.4) is 0 Å². The number of rotatable bonds is 7. The summed E-state index contributed by atoms with van der Waals surface area (Å²) in [6.07, 6.45) is 8.43. The molecular formula is C18H24N2. The molecule has 1 N–H and O–H groups in total. The Morgan fingerprint density at radius 2 is 1.95 bits per heavy atom. The maximum atomic E-state index is 4.23. The first-order valence-electron chi connectivity index (χ1n) is 7.49. The van der Waals surface area contributed by atoms with Crippen LogP contribution in [0.25, 0.3) is 0 Å². The molecule has 2 aromatic rings. The van der Waals surface area contributed by atoms with Gasteiger partial charge in [-0.05, 0) is 55.5 Å². The Kier molecular flexibility index (Phi) is 5.75. The number of nitrogens with zero attached hydrogens (tertiary/aromatic N) is 1. The predicted molar refractivity (Wildman–Crippen MR) is 84.8 cm³/mol. The zero-order valence-electron chi connectivity index (χ0n) is 12.5. The molecule has 0 saturated carbocycles. The third-order valence-corrected chi connectivity index (χ3v) is 3.85. The van der Waals surface area contributed by atoms with E-state index in [9.17, 15) is 0 Å². The van der Waals surface area contributed by atoms with Gasteiger partial charge in [0.05, 0.1) is 0 Å². The maximum Gasteiger partial charge on any atom is 0.0321 e. The minimum absolute atomic E-state index is 0.427. The molecular weight excluding hydrogens is 244 g/mol. The summed E-state index contributed by atoms with van der Waals surface area (Å²) in [5.41, 5.74) is 4.18. The molecule has 0 bridgehead atoms. The first-order chi connectivity index (χ1) is 9.85. The van der Waals surface area contributed by atoms with Crippen molar-refractivity contribution in [3.05, 3.63) is 65.5 Å². The van der Waals surface area contributed by atoms with Crippen molar-refractivity contribution in [2.75, 3.05) is 7.05 Å². The number of hydrogen-bond acceptors (Lipinski definition) is 2. The van der Waals surface area contributed by atoms with Crippen LogP contribution in [-0.4, -0.2) is 12.0 Å². The first-order valence-corrected chi connectivity index (χ1v) is 7.49. The number of aromatic nitrogens is 1. The van der Waals surface area contributed by atoms with Gasteiger partial charge >= 0.3 is 0 Å². The summed E-state index contributed by atoms with van der Waals surface area (Å²) < 4.78 is 0. The Hall–Kier alpha value is -1.67. The van der Waals surface area contributed by atoms with Gasteiger partial charge in [0, 0.05) is 18.4 Å². The summed E-state index contributed by atoms with van der Waals surface area (Å²) in [5, 5.41) is 3.45. The molecule has 0 radical (unpaired) electrons. The van der Waals surface area contributed by atoms with Crippen LogP contribution in [0.4, 0.5) is 0 Å². The van der Waals surface area contributed by atoms with E-state index in [1.54, 1.807) is 0 Å². The van der Waals surface area contributed by atoms with Gasteiger partial charge in [-0.15, -0.1) is 0 Å². The molecule has 0 aliphatic rings. The molecule has 1 unspecified atom stereocenters. The van der Waals surface area contributed by atoms with Crippen molar-refractivity contribution >= 4 is 0 Å². The second kappa shape index (κ2) is 7.81. The van der Waals surface area contributed by atoms with Crippen LogP contribution < -0.4 is 5.32 Å². The highest BCUT2D eigenvalue weighted by Crippen LogP contribution is 2.22. The SMILES string of the molecule is CCc1cnccc1C(CCCc1ccccc1)NC. The van der Waals surface area contributed by atoms with Gasteiger partial charge in [0.2, 0.25) is 0 Å². The predicted octanol–water partition coefficient (Wildman–Crippen LogP) is 3.93. The Labute approximate surface area is 122 Å². The van der Waals surface area contributed by atoms with E-state index in [0.29, 0.717) is 6.04 Å². The Morgan fingerprint density at radius 1 is 1.15 bits per heavy atom. The van der Waals surface area contributed by atoms with Crippen LogP contribution in [0, 0.1) is 0 Å². The highest BCUT2D eigenvalue weighted by atomic mass is 14.9. The van der Waals surface area contributed by atoms with E-state index in [-0.39, 0.29) is 0 Å². The highest BCUT2D eigenvalue weighted by molar-refractivity contribution is 5.26. The van der Waals surface area contributed by atoms with Gasteiger partial charge in [-0.3, -0.25) is 4.98 Å². The van der Waals surface area contributed by atoms with Crippen molar-refractivity contribution in [2.45, 2.75) is 38.6 Å². The van der Waals surface area contributed by atoms with Gasteiger partial charge in [0.15, 0.2) is 0 Å². The largest absolute Gasteiger partial charge is 0.313 e. The van der Waals surface area contributed by atoms with Crippen molar-refractivity contribution in [3.8, 4) is 0 Å². The zero-order chi connectivity index (χ0) is 14.2. The van der Waals surface area contributed by atoms with E-state index >= 15 is 0 Å². The zero-order valence-corrected chi connectivity index (χ0v) is 12.5. The fraction of sp³-hybridized carbons (Fsp3) is 0.389. The molecule has 106 valence electrons. The maximum absolute atomic E-state index is 4.23. The summed E-state index contributed by atoms with van der Waals surface area (Å²) in [6, 6.07) is 13.3. The molecule has 1 aromatic heterocycles. The second-order valence-electron chi connectivity index (χ2n) is 5.15. The van der Waals surface area contributed by atoms with Crippen molar-refractivity contribution in [3.63, 3.8) is 0 Å². The Bertz CT molecular complexity index is 508. The standard InChI is InChI=1S/C18H24N2/c1-3-16-14-20-13-12-17(16)18(19-2)11-7-10-15-8-5-4-6-9-15/h4-6,8-9,12-14,18-19H,3,7,10-11H2,1-2H3. The van der Waals surface area contributed by atoms with Crippen LogP contribution in [-0.2, 0) is 12.8 Å². The monoisotopic (exact) mass is 268 g/mol. The van der Waals surface area contributed by atoms with Crippen LogP contribution in [0.5, 0.6) is 0 Å². The molecule has 1 heterocycles. The van der Waals surface area contributed by atoms with Gasteiger partial charge in [-0.2, -0.15) is 0 Å². The van der Waals surface area contributed by atoms with E-state index in [2.05, 4.69) is 53.6 Å². The minimum Gasteiger partial charge on any atom is -0.313 e. The van der Waals surface area contributed by atoms with E-state index < -0.39 is 0 Å². The van der Waals surface area contributed by atoms with Gasteiger partial charge < -0.3 is 5.32 Å². The number of pyridine rings is 1. The van der Waals surface area contributed by atoms with Crippen LogP contribution in [0.2, 0.25) is 0 Å². The molecule has 1 atom stereocenters. The van der Waals surface area contributed by atoms with Gasteiger partial charge in [0.1, 0.15) is 0 Å². The quantitative estimate of drug-likeness (QED) is 0.823. The molecule has 0 aliphatic heterocycles. The molecule has 1 aromatic carbocycles. The lowest BCUT2D eigenvalue weighted by Crippen LogP contribution is -2.18. The van der Waals surface area contributed by atoms with E-state index in [0.717, 1.165) is 19.3 Å². The average Bonchev–Trinajstić information content (AvgIpc) is 2.53. The molecule has 20 heavy (non-hydrogen) atoms. The summed E-state index contributed by atoms with van der Waals surface area (Å²) in [4.78, 5) is 4.23. The Morgan fingerprint density at radius 3 is 2.65 bits per heavy atom. The van der Waals surface area contributed by atoms with Crippen LogP contribution in [0.15, 0.2) is 48.8 Å². The summed E-state index contributed by atoms with van der Waals surface area (Å²) >= 11 is 0. The third-order valence-electron chi connectivity index (χ3n) is 3.85. The van der Waals surface area contributed by atoms with Crippen molar-refractivity contribution in [1.82, 2.24) is 10.3 Å².